The molecular weight excluding hydrogens is 386 g/mol. The Morgan fingerprint density at radius 2 is 1.83 bits per heavy atom. The molecule has 0 radical (unpaired) electrons. The summed E-state index contributed by atoms with van der Waals surface area (Å²) in [4.78, 5) is 33.3. The fraction of sp³-hybridized carbons (Fsp3) is 0.318. The molecule has 3 aromatic rings. The minimum absolute atomic E-state index is 0.0748. The molecule has 0 N–H and O–H groups in total. The number of nitrogens with zero attached hydrogens (tertiary/aromatic N) is 3. The van der Waals surface area contributed by atoms with Gasteiger partial charge in [-0.25, -0.2) is 9.78 Å². The molecule has 0 bridgehead atoms. The van der Waals surface area contributed by atoms with Crippen LogP contribution < -0.4 is 4.90 Å². The summed E-state index contributed by atoms with van der Waals surface area (Å²) >= 11 is 0. The Hall–Kier alpha value is -3.39. The summed E-state index contributed by atoms with van der Waals surface area (Å²) in [7, 11) is 1.55. The third-order valence-corrected chi connectivity index (χ3v) is 5.10. The van der Waals surface area contributed by atoms with E-state index < -0.39 is 5.97 Å². The van der Waals surface area contributed by atoms with Crippen molar-refractivity contribution in [3.63, 3.8) is 0 Å². The zero-order chi connectivity index (χ0) is 20.9. The van der Waals surface area contributed by atoms with Crippen molar-refractivity contribution in [2.45, 2.75) is 6.61 Å². The lowest BCUT2D eigenvalue weighted by Crippen LogP contribution is -2.50. The van der Waals surface area contributed by atoms with E-state index in [1.165, 1.54) is 0 Å². The van der Waals surface area contributed by atoms with Gasteiger partial charge in [0.1, 0.15) is 11.4 Å². The van der Waals surface area contributed by atoms with E-state index in [4.69, 9.17) is 13.9 Å². The van der Waals surface area contributed by atoms with Gasteiger partial charge in [-0.15, -0.1) is 0 Å². The molecule has 30 heavy (non-hydrogen) atoms. The van der Waals surface area contributed by atoms with Crippen LogP contribution in [0.1, 0.15) is 16.1 Å². The first-order chi connectivity index (χ1) is 14.7. The summed E-state index contributed by atoms with van der Waals surface area (Å²) in [6.07, 6.45) is 1.75. The lowest BCUT2D eigenvalue weighted by molar-refractivity contribution is -0.134. The van der Waals surface area contributed by atoms with Crippen molar-refractivity contribution >= 4 is 28.7 Å². The van der Waals surface area contributed by atoms with Crippen LogP contribution in [-0.2, 0) is 20.9 Å². The Kier molecular flexibility index (Phi) is 5.94. The molecule has 2 aromatic heterocycles. The van der Waals surface area contributed by atoms with Gasteiger partial charge in [0.25, 0.3) is 5.91 Å². The van der Waals surface area contributed by atoms with Gasteiger partial charge < -0.3 is 23.7 Å². The second-order valence-electron chi connectivity index (χ2n) is 6.97. The highest BCUT2D eigenvalue weighted by Gasteiger charge is 2.25. The molecule has 3 heterocycles. The van der Waals surface area contributed by atoms with E-state index >= 15 is 0 Å². The van der Waals surface area contributed by atoms with E-state index in [0.29, 0.717) is 37.3 Å². The maximum absolute atomic E-state index is 12.6. The molecule has 0 atom stereocenters. The number of anilines is 1. The summed E-state index contributed by atoms with van der Waals surface area (Å²) in [6.45, 7) is 2.34. The predicted octanol–water partition coefficient (Wildman–Crippen LogP) is 2.48. The molecule has 0 spiro atoms. The largest absolute Gasteiger partial charge is 0.450 e. The van der Waals surface area contributed by atoms with Crippen LogP contribution in [-0.4, -0.2) is 61.7 Å². The smallest absolute Gasteiger partial charge is 0.375 e. The Bertz CT molecular complexity index is 1030. The monoisotopic (exact) mass is 409 g/mol. The van der Waals surface area contributed by atoms with E-state index in [1.807, 2.05) is 36.4 Å². The Morgan fingerprint density at radius 3 is 2.57 bits per heavy atom. The number of benzene rings is 1. The number of fused-ring (bicyclic) bond motifs is 1. The van der Waals surface area contributed by atoms with E-state index in [-0.39, 0.29) is 24.9 Å². The number of carbonyl (C=O) groups is 2. The molecule has 4 rings (SSSR count). The first-order valence-electron chi connectivity index (χ1n) is 9.77. The Morgan fingerprint density at radius 1 is 1.07 bits per heavy atom. The summed E-state index contributed by atoms with van der Waals surface area (Å²) < 4.78 is 16.1. The normalized spacial score (nSPS) is 14.2. The van der Waals surface area contributed by atoms with Crippen LogP contribution in [0.2, 0.25) is 0 Å². The van der Waals surface area contributed by atoms with E-state index in [0.717, 1.165) is 11.2 Å². The molecule has 0 saturated carbocycles. The molecule has 1 fully saturated rings. The van der Waals surface area contributed by atoms with Gasteiger partial charge in [0, 0.05) is 50.4 Å². The lowest BCUT2D eigenvalue weighted by atomic mass is 10.1. The van der Waals surface area contributed by atoms with E-state index in [1.54, 1.807) is 24.3 Å². The van der Waals surface area contributed by atoms with Crippen molar-refractivity contribution in [2.75, 3.05) is 44.8 Å². The molecule has 0 aliphatic carbocycles. The average Bonchev–Trinajstić information content (AvgIpc) is 3.17. The number of furan rings is 1. The first kappa shape index (κ1) is 19.9. The van der Waals surface area contributed by atoms with Crippen LogP contribution in [0.15, 0.2) is 53.1 Å². The maximum Gasteiger partial charge on any atom is 0.375 e. The minimum atomic E-state index is -0.668. The van der Waals surface area contributed by atoms with Gasteiger partial charge in [0.2, 0.25) is 5.76 Å². The number of ether oxygens (including phenoxy) is 2. The number of carbonyl (C=O) groups excluding carboxylic acids is 2. The van der Waals surface area contributed by atoms with Crippen LogP contribution in [0.3, 0.4) is 0 Å². The van der Waals surface area contributed by atoms with Gasteiger partial charge in [-0.2, -0.15) is 0 Å². The summed E-state index contributed by atoms with van der Waals surface area (Å²) in [5.41, 5.74) is 1.20. The van der Waals surface area contributed by atoms with Crippen molar-refractivity contribution < 1.29 is 23.5 Å². The lowest BCUT2D eigenvalue weighted by Gasteiger charge is -2.35. The zero-order valence-electron chi connectivity index (χ0n) is 16.7. The number of rotatable bonds is 6. The number of aromatic nitrogens is 1. The van der Waals surface area contributed by atoms with Crippen LogP contribution in [0.4, 0.5) is 5.82 Å². The third kappa shape index (κ3) is 4.13. The second-order valence-corrected chi connectivity index (χ2v) is 6.97. The number of piperazine rings is 1. The van der Waals surface area contributed by atoms with Crippen LogP contribution in [0.5, 0.6) is 0 Å². The van der Waals surface area contributed by atoms with Gasteiger partial charge in [0.05, 0.1) is 6.61 Å². The molecule has 1 aliphatic heterocycles. The van der Waals surface area contributed by atoms with E-state index in [2.05, 4.69) is 9.88 Å². The average molecular weight is 409 g/mol. The number of pyridine rings is 1. The molecule has 156 valence electrons. The van der Waals surface area contributed by atoms with Gasteiger partial charge in [-0.05, 0) is 18.2 Å². The van der Waals surface area contributed by atoms with Crippen LogP contribution in [0.25, 0.3) is 11.0 Å². The minimum Gasteiger partial charge on any atom is -0.450 e. The maximum atomic E-state index is 12.6. The first-order valence-corrected chi connectivity index (χ1v) is 9.77. The van der Waals surface area contributed by atoms with Gasteiger partial charge >= 0.3 is 5.97 Å². The van der Waals surface area contributed by atoms with Gasteiger partial charge in [0.15, 0.2) is 6.61 Å². The van der Waals surface area contributed by atoms with Gasteiger partial charge in [-0.3, -0.25) is 4.79 Å². The fourth-order valence-electron chi connectivity index (χ4n) is 3.56. The quantitative estimate of drug-likeness (QED) is 0.578. The highest BCUT2D eigenvalue weighted by Crippen LogP contribution is 2.27. The van der Waals surface area contributed by atoms with Crippen molar-refractivity contribution in [1.29, 1.82) is 0 Å². The second kappa shape index (κ2) is 8.96. The topological polar surface area (TPSA) is 85.1 Å². The summed E-state index contributed by atoms with van der Waals surface area (Å²) in [6, 6.07) is 13.1. The number of para-hydroxylation sites is 1. The molecule has 1 aliphatic rings. The zero-order valence-corrected chi connectivity index (χ0v) is 16.7. The van der Waals surface area contributed by atoms with Crippen molar-refractivity contribution in [1.82, 2.24) is 9.88 Å². The Balaban J connectivity index is 1.35. The highest BCUT2D eigenvalue weighted by molar-refractivity contribution is 5.96. The molecule has 1 amide bonds. The van der Waals surface area contributed by atoms with Crippen LogP contribution >= 0.6 is 0 Å². The molecule has 8 heteroatoms. The SMILES string of the molecule is COCc1c(C(=O)OCC(=O)N2CCN(c3ccccn3)CC2)oc2ccccc12. The van der Waals surface area contributed by atoms with Crippen molar-refractivity contribution in [2.24, 2.45) is 0 Å². The summed E-state index contributed by atoms with van der Waals surface area (Å²) in [5, 5.41) is 0.795. The highest BCUT2D eigenvalue weighted by atomic mass is 16.5. The third-order valence-electron chi connectivity index (χ3n) is 5.10. The number of hydrogen-bond acceptors (Lipinski definition) is 7. The number of amides is 1. The number of hydrogen-bond donors (Lipinski definition) is 0. The molecule has 1 aromatic carbocycles. The van der Waals surface area contributed by atoms with Crippen molar-refractivity contribution in [3.8, 4) is 0 Å². The predicted molar refractivity (Wildman–Crippen MR) is 110 cm³/mol. The van der Waals surface area contributed by atoms with Crippen LogP contribution in [0, 0.1) is 0 Å². The summed E-state index contributed by atoms with van der Waals surface area (Å²) in [5.74, 6) is 0.0737. The molecule has 8 nitrogen and oxygen atoms in total. The standard InChI is InChI=1S/C22H23N3O5/c1-28-14-17-16-6-2-3-7-18(16)30-21(17)22(27)29-15-20(26)25-12-10-24(11-13-25)19-8-4-5-9-23-19/h2-9H,10-15H2,1H3. The Labute approximate surface area is 174 Å². The molecule has 1 saturated heterocycles. The van der Waals surface area contributed by atoms with E-state index in [9.17, 15) is 9.59 Å². The fourth-order valence-corrected chi connectivity index (χ4v) is 3.56. The number of methoxy groups -OCH3 is 1. The molecular formula is C22H23N3O5. The number of esters is 1. The van der Waals surface area contributed by atoms with Gasteiger partial charge in [-0.1, -0.05) is 24.3 Å². The molecule has 0 unspecified atom stereocenters. The van der Waals surface area contributed by atoms with Crippen molar-refractivity contribution in [3.05, 3.63) is 60.0 Å².